The molecule has 0 N–H and O–H groups in total. The van der Waals surface area contributed by atoms with E-state index in [0.717, 1.165) is 19.3 Å². The molecule has 0 amide bonds. The van der Waals surface area contributed by atoms with Crippen molar-refractivity contribution in [2.45, 2.75) is 44.8 Å². The molecule has 1 saturated carbocycles. The Kier molecular flexibility index (Phi) is 4.75. The van der Waals surface area contributed by atoms with Crippen LogP contribution in [0.1, 0.15) is 39.0 Å². The van der Waals surface area contributed by atoms with Gasteiger partial charge in [0.1, 0.15) is 0 Å². The Hall–Kier alpha value is -0.920. The van der Waals surface area contributed by atoms with E-state index in [1.54, 1.807) is 13.0 Å². The third-order valence-electron chi connectivity index (χ3n) is 4.28. The Labute approximate surface area is 125 Å². The Bertz CT molecular complexity index is 500. The zero-order valence-electron chi connectivity index (χ0n) is 12.3. The Morgan fingerprint density at radius 1 is 1.38 bits per heavy atom. The molecule has 0 aromatic carbocycles. The molecule has 0 aromatic rings. The first-order chi connectivity index (χ1) is 9.89. The first-order valence-corrected chi connectivity index (χ1v) is 8.80. The number of fused-ring (bicyclic) bond motifs is 1. The van der Waals surface area contributed by atoms with Crippen LogP contribution in [0.2, 0.25) is 0 Å². The van der Waals surface area contributed by atoms with Crippen molar-refractivity contribution >= 4 is 16.1 Å². The second-order valence-electron chi connectivity index (χ2n) is 5.57. The number of carbonyl (C=O) groups is 1. The summed E-state index contributed by atoms with van der Waals surface area (Å²) < 4.78 is 40.0. The van der Waals surface area contributed by atoms with Crippen LogP contribution in [0, 0.1) is 5.41 Å². The molecule has 21 heavy (non-hydrogen) atoms. The largest absolute Gasteiger partial charge is 0.465 e. The van der Waals surface area contributed by atoms with Crippen molar-refractivity contribution in [3.8, 4) is 0 Å². The number of ether oxygens (including phenoxy) is 2. The second-order valence-corrected chi connectivity index (χ2v) is 7.14. The van der Waals surface area contributed by atoms with E-state index in [0.29, 0.717) is 19.4 Å². The van der Waals surface area contributed by atoms with Crippen LogP contribution in [-0.2, 0) is 28.6 Å². The number of rotatable bonds is 7. The smallest absolute Gasteiger partial charge is 0.323 e. The molecule has 1 saturated heterocycles. The van der Waals surface area contributed by atoms with Gasteiger partial charge < -0.3 is 9.47 Å². The van der Waals surface area contributed by atoms with E-state index in [1.165, 1.54) is 0 Å². The highest BCUT2D eigenvalue weighted by atomic mass is 32.2. The van der Waals surface area contributed by atoms with Crippen LogP contribution in [0.15, 0.2) is 12.7 Å². The summed E-state index contributed by atoms with van der Waals surface area (Å²) >= 11 is 0. The van der Waals surface area contributed by atoms with E-state index < -0.39 is 27.6 Å². The maximum absolute atomic E-state index is 12.1. The highest BCUT2D eigenvalue weighted by Gasteiger charge is 2.61. The number of hydrogen-bond acceptors (Lipinski definition) is 6. The summed E-state index contributed by atoms with van der Waals surface area (Å²) in [4.78, 5) is 11.4. The minimum absolute atomic E-state index is 0.135. The van der Waals surface area contributed by atoms with Gasteiger partial charge in [0.05, 0.1) is 13.2 Å². The summed E-state index contributed by atoms with van der Waals surface area (Å²) in [6.07, 6.45) is 5.35. The van der Waals surface area contributed by atoms with Gasteiger partial charge in [-0.2, -0.15) is 8.42 Å². The van der Waals surface area contributed by atoms with Crippen molar-refractivity contribution < 1.29 is 26.9 Å². The summed E-state index contributed by atoms with van der Waals surface area (Å²) in [7, 11) is -4.04. The topological polar surface area (TPSA) is 78.9 Å². The molecule has 1 aliphatic carbocycles. The van der Waals surface area contributed by atoms with Crippen LogP contribution in [0.4, 0.5) is 0 Å². The maximum atomic E-state index is 12.1. The molecule has 2 rings (SSSR count). The normalized spacial score (nSPS) is 31.9. The molecule has 1 aliphatic heterocycles. The van der Waals surface area contributed by atoms with Crippen molar-refractivity contribution in [2.24, 2.45) is 5.41 Å². The maximum Gasteiger partial charge on any atom is 0.323 e. The van der Waals surface area contributed by atoms with E-state index in [4.69, 9.17) is 8.92 Å². The molecule has 2 atom stereocenters. The molecule has 7 heteroatoms. The lowest BCUT2D eigenvalue weighted by Crippen LogP contribution is -2.45. The fraction of sp³-hybridized carbons (Fsp3) is 0.786. The van der Waals surface area contributed by atoms with Gasteiger partial charge in [0.15, 0.2) is 11.5 Å². The standard InChI is InChI=1S/C14H22O6S/c1-3-6-13-7-5-8-14(13,19-10-9-13)20-21(16,17)11-12(15)18-4-2/h3H,1,4-11H2,2H3. The predicted octanol–water partition coefficient (Wildman–Crippen LogP) is 1.76. The predicted molar refractivity (Wildman–Crippen MR) is 75.9 cm³/mol. The van der Waals surface area contributed by atoms with Crippen LogP contribution in [0.25, 0.3) is 0 Å². The van der Waals surface area contributed by atoms with Gasteiger partial charge in [0, 0.05) is 11.8 Å². The first-order valence-electron chi connectivity index (χ1n) is 7.22. The molecule has 120 valence electrons. The lowest BCUT2D eigenvalue weighted by Gasteiger charge is -2.37. The van der Waals surface area contributed by atoms with Crippen molar-refractivity contribution in [1.29, 1.82) is 0 Å². The Balaban J connectivity index is 2.16. The summed E-state index contributed by atoms with van der Waals surface area (Å²) in [5.41, 5.74) is -0.351. The van der Waals surface area contributed by atoms with Crippen molar-refractivity contribution in [1.82, 2.24) is 0 Å². The zero-order chi connectivity index (χ0) is 15.6. The molecule has 0 bridgehead atoms. The summed E-state index contributed by atoms with van der Waals surface area (Å²) in [6.45, 7) is 5.96. The van der Waals surface area contributed by atoms with Gasteiger partial charge >= 0.3 is 5.97 Å². The van der Waals surface area contributed by atoms with Gasteiger partial charge in [-0.05, 0) is 32.6 Å². The number of carbonyl (C=O) groups excluding carboxylic acids is 1. The van der Waals surface area contributed by atoms with Crippen LogP contribution in [-0.4, -0.2) is 39.1 Å². The van der Waals surface area contributed by atoms with Crippen LogP contribution < -0.4 is 0 Å². The van der Waals surface area contributed by atoms with Gasteiger partial charge in [0.25, 0.3) is 10.1 Å². The molecule has 0 spiro atoms. The van der Waals surface area contributed by atoms with E-state index in [2.05, 4.69) is 11.3 Å². The lowest BCUT2D eigenvalue weighted by molar-refractivity contribution is -0.187. The molecular weight excluding hydrogens is 296 g/mol. The Morgan fingerprint density at radius 3 is 2.81 bits per heavy atom. The van der Waals surface area contributed by atoms with Crippen molar-refractivity contribution in [2.75, 3.05) is 19.0 Å². The lowest BCUT2D eigenvalue weighted by atomic mass is 9.77. The van der Waals surface area contributed by atoms with Gasteiger partial charge in [-0.3, -0.25) is 4.79 Å². The van der Waals surface area contributed by atoms with E-state index in [9.17, 15) is 13.2 Å². The summed E-state index contributed by atoms with van der Waals surface area (Å²) in [6, 6.07) is 0. The minimum Gasteiger partial charge on any atom is -0.465 e. The third-order valence-corrected chi connectivity index (χ3v) is 5.39. The minimum atomic E-state index is -4.04. The molecule has 1 heterocycles. The average molecular weight is 318 g/mol. The molecule has 0 aromatic heterocycles. The number of esters is 1. The Morgan fingerprint density at radius 2 is 2.14 bits per heavy atom. The highest BCUT2D eigenvalue weighted by molar-refractivity contribution is 7.87. The van der Waals surface area contributed by atoms with Gasteiger partial charge in [-0.15, -0.1) is 6.58 Å². The molecule has 2 unspecified atom stereocenters. The number of allylic oxidation sites excluding steroid dienone is 1. The highest BCUT2D eigenvalue weighted by Crippen LogP contribution is 2.58. The molecule has 2 fully saturated rings. The van der Waals surface area contributed by atoms with Crippen LogP contribution in [0.3, 0.4) is 0 Å². The van der Waals surface area contributed by atoms with Gasteiger partial charge in [-0.1, -0.05) is 6.08 Å². The molecular formula is C14H22O6S. The third kappa shape index (κ3) is 3.14. The van der Waals surface area contributed by atoms with E-state index >= 15 is 0 Å². The molecule has 0 radical (unpaired) electrons. The van der Waals surface area contributed by atoms with Crippen LogP contribution in [0.5, 0.6) is 0 Å². The number of hydrogen-bond donors (Lipinski definition) is 0. The quantitative estimate of drug-likeness (QED) is 0.404. The molecule has 2 aliphatic rings. The van der Waals surface area contributed by atoms with E-state index in [-0.39, 0.29) is 12.0 Å². The van der Waals surface area contributed by atoms with Crippen molar-refractivity contribution in [3.63, 3.8) is 0 Å². The first kappa shape index (κ1) is 16.5. The van der Waals surface area contributed by atoms with Gasteiger partial charge in [-0.25, -0.2) is 4.18 Å². The monoisotopic (exact) mass is 318 g/mol. The van der Waals surface area contributed by atoms with Gasteiger partial charge in [0.2, 0.25) is 0 Å². The summed E-state index contributed by atoms with van der Waals surface area (Å²) in [5.74, 6) is -2.73. The average Bonchev–Trinajstić information content (AvgIpc) is 2.82. The second kappa shape index (κ2) is 6.06. The van der Waals surface area contributed by atoms with E-state index in [1.807, 2.05) is 0 Å². The SMILES string of the molecule is C=CCC12CCCC1(OS(=O)(=O)CC(=O)OCC)OCC2. The fourth-order valence-electron chi connectivity index (χ4n) is 3.44. The van der Waals surface area contributed by atoms with Crippen molar-refractivity contribution in [3.05, 3.63) is 12.7 Å². The van der Waals surface area contributed by atoms with Crippen LogP contribution >= 0.6 is 0 Å². The fourth-order valence-corrected chi connectivity index (χ4v) is 4.59. The summed E-state index contributed by atoms with van der Waals surface area (Å²) in [5, 5.41) is 0. The molecule has 6 nitrogen and oxygen atoms in total. The zero-order valence-corrected chi connectivity index (χ0v) is 13.1.